The average molecular weight is 344 g/mol. The van der Waals surface area contributed by atoms with Crippen molar-refractivity contribution in [3.8, 4) is 0 Å². The summed E-state index contributed by atoms with van der Waals surface area (Å²) in [6, 6.07) is 12.7. The molecule has 2 N–H and O–H groups in total. The summed E-state index contributed by atoms with van der Waals surface area (Å²) < 4.78 is 2.14. The lowest BCUT2D eigenvalue weighted by Crippen LogP contribution is -2.19. The van der Waals surface area contributed by atoms with E-state index in [1.807, 2.05) is 24.5 Å². The zero-order chi connectivity index (χ0) is 17.3. The fourth-order valence-electron chi connectivity index (χ4n) is 3.81. The molecular formula is C20H20N6. The highest BCUT2D eigenvalue weighted by Gasteiger charge is 2.25. The van der Waals surface area contributed by atoms with Crippen molar-refractivity contribution < 1.29 is 0 Å². The molecule has 0 bridgehead atoms. The molecule has 6 nitrogen and oxygen atoms in total. The summed E-state index contributed by atoms with van der Waals surface area (Å²) >= 11 is 0. The van der Waals surface area contributed by atoms with Crippen LogP contribution in [0.1, 0.15) is 35.7 Å². The number of aromatic amines is 1. The SMILES string of the molecule is c1ccc(Cn2ncc3c2CCCC3Nc2ncnc3[nH]ccc23)cc1. The van der Waals surface area contributed by atoms with Gasteiger partial charge in [-0.3, -0.25) is 4.68 Å². The minimum absolute atomic E-state index is 0.233. The Morgan fingerprint density at radius 2 is 2.08 bits per heavy atom. The van der Waals surface area contributed by atoms with Crippen LogP contribution in [0, 0.1) is 0 Å². The minimum Gasteiger partial charge on any atom is -0.362 e. The Hall–Kier alpha value is -3.15. The van der Waals surface area contributed by atoms with Gasteiger partial charge >= 0.3 is 0 Å². The van der Waals surface area contributed by atoms with Gasteiger partial charge in [-0.15, -0.1) is 0 Å². The Bertz CT molecular complexity index is 1030. The molecule has 1 aliphatic carbocycles. The molecule has 0 spiro atoms. The number of hydrogen-bond donors (Lipinski definition) is 2. The lowest BCUT2D eigenvalue weighted by atomic mass is 9.93. The van der Waals surface area contributed by atoms with Gasteiger partial charge in [-0.05, 0) is 30.9 Å². The van der Waals surface area contributed by atoms with E-state index >= 15 is 0 Å². The molecular weight excluding hydrogens is 324 g/mol. The highest BCUT2D eigenvalue weighted by atomic mass is 15.3. The van der Waals surface area contributed by atoms with Crippen LogP contribution in [0.4, 0.5) is 5.82 Å². The van der Waals surface area contributed by atoms with Crippen LogP contribution in [0.3, 0.4) is 0 Å². The van der Waals surface area contributed by atoms with Gasteiger partial charge in [0, 0.05) is 17.5 Å². The number of fused-ring (bicyclic) bond motifs is 2. The Labute approximate surface area is 151 Å². The molecule has 5 rings (SSSR count). The minimum atomic E-state index is 0.233. The second-order valence-electron chi connectivity index (χ2n) is 6.74. The van der Waals surface area contributed by atoms with Gasteiger partial charge in [0.1, 0.15) is 17.8 Å². The molecule has 130 valence electrons. The molecule has 3 heterocycles. The molecule has 6 heteroatoms. The summed E-state index contributed by atoms with van der Waals surface area (Å²) in [5, 5.41) is 9.32. The number of H-pyrrole nitrogens is 1. The largest absolute Gasteiger partial charge is 0.362 e. The Kier molecular flexibility index (Phi) is 3.66. The topological polar surface area (TPSA) is 71.4 Å². The van der Waals surface area contributed by atoms with Crippen molar-refractivity contribution in [2.75, 3.05) is 5.32 Å². The van der Waals surface area contributed by atoms with E-state index < -0.39 is 0 Å². The molecule has 0 saturated heterocycles. The van der Waals surface area contributed by atoms with Crippen LogP contribution < -0.4 is 5.32 Å². The predicted molar refractivity (Wildman–Crippen MR) is 101 cm³/mol. The van der Waals surface area contributed by atoms with Crippen molar-refractivity contribution in [2.24, 2.45) is 0 Å². The van der Waals surface area contributed by atoms with E-state index in [0.717, 1.165) is 42.7 Å². The molecule has 0 aliphatic heterocycles. The first kappa shape index (κ1) is 15.1. The van der Waals surface area contributed by atoms with Crippen LogP contribution in [0.5, 0.6) is 0 Å². The molecule has 0 fully saturated rings. The first-order valence-corrected chi connectivity index (χ1v) is 9.01. The molecule has 26 heavy (non-hydrogen) atoms. The van der Waals surface area contributed by atoms with Crippen molar-refractivity contribution in [1.29, 1.82) is 0 Å². The van der Waals surface area contributed by atoms with Gasteiger partial charge in [0.25, 0.3) is 0 Å². The lowest BCUT2D eigenvalue weighted by molar-refractivity contribution is 0.556. The van der Waals surface area contributed by atoms with E-state index in [0.29, 0.717) is 0 Å². The van der Waals surface area contributed by atoms with Crippen molar-refractivity contribution in [2.45, 2.75) is 31.8 Å². The van der Waals surface area contributed by atoms with Crippen molar-refractivity contribution in [3.05, 3.63) is 71.9 Å². The summed E-state index contributed by atoms with van der Waals surface area (Å²) in [7, 11) is 0. The molecule has 0 radical (unpaired) electrons. The Balaban J connectivity index is 1.44. The maximum absolute atomic E-state index is 4.68. The van der Waals surface area contributed by atoms with Crippen LogP contribution >= 0.6 is 0 Å². The molecule has 0 amide bonds. The van der Waals surface area contributed by atoms with Gasteiger partial charge < -0.3 is 10.3 Å². The third kappa shape index (κ3) is 2.63. The Morgan fingerprint density at radius 3 is 3.00 bits per heavy atom. The van der Waals surface area contributed by atoms with Gasteiger partial charge in [-0.1, -0.05) is 30.3 Å². The fraction of sp³-hybridized carbons (Fsp3) is 0.250. The monoisotopic (exact) mass is 344 g/mol. The van der Waals surface area contributed by atoms with Crippen LogP contribution in [0.15, 0.2) is 55.1 Å². The quantitative estimate of drug-likeness (QED) is 0.592. The summed E-state index contributed by atoms with van der Waals surface area (Å²) in [6.07, 6.45) is 8.82. The Morgan fingerprint density at radius 1 is 1.15 bits per heavy atom. The van der Waals surface area contributed by atoms with Crippen molar-refractivity contribution >= 4 is 16.9 Å². The molecule has 1 atom stereocenters. The molecule has 1 aromatic carbocycles. The summed E-state index contributed by atoms with van der Waals surface area (Å²) in [5.41, 5.74) is 4.75. The normalized spacial score (nSPS) is 16.5. The maximum atomic E-state index is 4.68. The van der Waals surface area contributed by atoms with E-state index in [2.05, 4.69) is 54.3 Å². The van der Waals surface area contributed by atoms with Gasteiger partial charge in [0.2, 0.25) is 0 Å². The van der Waals surface area contributed by atoms with Crippen molar-refractivity contribution in [3.63, 3.8) is 0 Å². The van der Waals surface area contributed by atoms with Crippen LogP contribution in [0.2, 0.25) is 0 Å². The molecule has 1 unspecified atom stereocenters. The number of aromatic nitrogens is 5. The third-order valence-corrected chi connectivity index (χ3v) is 5.10. The highest BCUT2D eigenvalue weighted by Crippen LogP contribution is 2.33. The second kappa shape index (κ2) is 6.29. The van der Waals surface area contributed by atoms with Crippen LogP contribution in [-0.2, 0) is 13.0 Å². The zero-order valence-corrected chi connectivity index (χ0v) is 14.4. The van der Waals surface area contributed by atoms with E-state index in [4.69, 9.17) is 0 Å². The molecule has 3 aromatic heterocycles. The number of hydrogen-bond acceptors (Lipinski definition) is 4. The van der Waals surface area contributed by atoms with Crippen molar-refractivity contribution in [1.82, 2.24) is 24.7 Å². The number of rotatable bonds is 4. The standard InChI is InChI=1S/C20H20N6/c1-2-5-14(6-3-1)12-26-18-8-4-7-17(16(18)11-24-26)25-20-15-9-10-21-19(15)22-13-23-20/h1-3,5-6,9-11,13,17H,4,7-8,12H2,(H2,21,22,23,25). The second-order valence-corrected chi connectivity index (χ2v) is 6.74. The third-order valence-electron chi connectivity index (χ3n) is 5.10. The van der Waals surface area contributed by atoms with Gasteiger partial charge in [0.05, 0.1) is 24.2 Å². The number of nitrogens with zero attached hydrogens (tertiary/aromatic N) is 4. The first-order chi connectivity index (χ1) is 12.9. The maximum Gasteiger partial charge on any atom is 0.142 e. The average Bonchev–Trinajstić information content (AvgIpc) is 3.31. The van der Waals surface area contributed by atoms with Crippen LogP contribution in [0.25, 0.3) is 11.0 Å². The molecule has 1 aliphatic rings. The van der Waals surface area contributed by atoms with Crippen LogP contribution in [-0.4, -0.2) is 24.7 Å². The van der Waals surface area contributed by atoms with E-state index in [1.165, 1.54) is 16.8 Å². The lowest BCUT2D eigenvalue weighted by Gasteiger charge is -2.25. The summed E-state index contributed by atoms with van der Waals surface area (Å²) in [5.74, 6) is 0.880. The van der Waals surface area contributed by atoms with Gasteiger partial charge in [-0.25, -0.2) is 9.97 Å². The number of benzene rings is 1. The predicted octanol–water partition coefficient (Wildman–Crippen LogP) is 3.69. The smallest absolute Gasteiger partial charge is 0.142 e. The summed E-state index contributed by atoms with van der Waals surface area (Å²) in [6.45, 7) is 0.818. The molecule has 0 saturated carbocycles. The van der Waals surface area contributed by atoms with E-state index in [1.54, 1.807) is 6.33 Å². The van der Waals surface area contributed by atoms with E-state index in [-0.39, 0.29) is 6.04 Å². The van der Waals surface area contributed by atoms with Gasteiger partial charge in [0.15, 0.2) is 0 Å². The number of anilines is 1. The highest BCUT2D eigenvalue weighted by molar-refractivity contribution is 5.86. The number of nitrogens with one attached hydrogen (secondary N) is 2. The van der Waals surface area contributed by atoms with E-state index in [9.17, 15) is 0 Å². The van der Waals surface area contributed by atoms with Gasteiger partial charge in [-0.2, -0.15) is 5.10 Å². The summed E-state index contributed by atoms with van der Waals surface area (Å²) in [4.78, 5) is 11.9. The molecule has 4 aromatic rings. The zero-order valence-electron chi connectivity index (χ0n) is 14.4. The fourth-order valence-corrected chi connectivity index (χ4v) is 3.81. The first-order valence-electron chi connectivity index (χ1n) is 9.01.